The minimum atomic E-state index is -0.169. The molecule has 6 heteroatoms. The van der Waals surface area contributed by atoms with E-state index in [-0.39, 0.29) is 11.0 Å². The second-order valence-electron chi connectivity index (χ2n) is 4.66. The van der Waals surface area contributed by atoms with E-state index in [1.807, 2.05) is 37.3 Å². The lowest BCUT2D eigenvalue weighted by molar-refractivity contribution is 0.0994. The summed E-state index contributed by atoms with van der Waals surface area (Å²) in [7, 11) is 0. The highest BCUT2D eigenvalue weighted by Crippen LogP contribution is 2.30. The first-order chi connectivity index (χ1) is 9.56. The summed E-state index contributed by atoms with van der Waals surface area (Å²) in [6.45, 7) is 6.00. The first-order valence-electron chi connectivity index (χ1n) is 6.42. The van der Waals surface area contributed by atoms with Gasteiger partial charge in [0.25, 0.3) is 0 Å². The quantitative estimate of drug-likeness (QED) is 0.651. The molecule has 1 unspecified atom stereocenters. The number of ketones is 1. The van der Waals surface area contributed by atoms with Crippen LogP contribution < -0.4 is 5.32 Å². The Bertz CT molecular complexity index is 569. The molecule has 1 aromatic heterocycles. The SMILES string of the molecule is CC(C)Nc1nnc(SC(C)C(=O)c2ccccc2)s1. The average molecular weight is 307 g/mol. The molecular formula is C14H17N3OS2. The Hall–Kier alpha value is -1.40. The number of nitrogens with one attached hydrogen (secondary N) is 1. The molecule has 20 heavy (non-hydrogen) atoms. The van der Waals surface area contributed by atoms with Gasteiger partial charge in [-0.25, -0.2) is 0 Å². The summed E-state index contributed by atoms with van der Waals surface area (Å²) in [5.41, 5.74) is 0.734. The van der Waals surface area contributed by atoms with Gasteiger partial charge >= 0.3 is 0 Å². The zero-order chi connectivity index (χ0) is 14.5. The average Bonchev–Trinajstić information content (AvgIpc) is 2.85. The molecule has 0 aliphatic heterocycles. The van der Waals surface area contributed by atoms with Crippen molar-refractivity contribution in [1.82, 2.24) is 10.2 Å². The van der Waals surface area contributed by atoms with Gasteiger partial charge in [-0.05, 0) is 20.8 Å². The molecule has 0 fully saturated rings. The van der Waals surface area contributed by atoms with Gasteiger partial charge < -0.3 is 5.32 Å². The van der Waals surface area contributed by atoms with Crippen LogP contribution in [0.2, 0.25) is 0 Å². The summed E-state index contributed by atoms with van der Waals surface area (Å²) in [6, 6.07) is 9.66. The molecule has 0 saturated heterocycles. The van der Waals surface area contributed by atoms with Gasteiger partial charge in [-0.3, -0.25) is 4.79 Å². The zero-order valence-electron chi connectivity index (χ0n) is 11.7. The van der Waals surface area contributed by atoms with Crippen molar-refractivity contribution in [2.45, 2.75) is 36.4 Å². The lowest BCUT2D eigenvalue weighted by Crippen LogP contribution is -2.13. The zero-order valence-corrected chi connectivity index (χ0v) is 13.3. The summed E-state index contributed by atoms with van der Waals surface area (Å²) in [4.78, 5) is 12.3. The Balaban J connectivity index is 1.99. The van der Waals surface area contributed by atoms with Crippen LogP contribution in [0.1, 0.15) is 31.1 Å². The molecule has 4 nitrogen and oxygen atoms in total. The number of benzene rings is 1. The molecule has 106 valence electrons. The fourth-order valence-corrected chi connectivity index (χ4v) is 3.72. The van der Waals surface area contributed by atoms with E-state index >= 15 is 0 Å². The highest BCUT2D eigenvalue weighted by Gasteiger charge is 2.18. The molecule has 0 saturated carbocycles. The number of Topliss-reactive ketones (excluding diaryl/α,β-unsaturated/α-hetero) is 1. The van der Waals surface area contributed by atoms with Crippen molar-refractivity contribution in [3.05, 3.63) is 35.9 Å². The topological polar surface area (TPSA) is 54.9 Å². The highest BCUT2D eigenvalue weighted by molar-refractivity contribution is 8.02. The van der Waals surface area contributed by atoms with Crippen molar-refractivity contribution in [2.75, 3.05) is 5.32 Å². The lowest BCUT2D eigenvalue weighted by Gasteiger charge is -2.07. The van der Waals surface area contributed by atoms with Crippen LogP contribution in [-0.4, -0.2) is 27.3 Å². The second kappa shape index (κ2) is 6.85. The summed E-state index contributed by atoms with van der Waals surface area (Å²) in [6.07, 6.45) is 0. The van der Waals surface area contributed by atoms with Crippen molar-refractivity contribution in [3.8, 4) is 0 Å². The number of aromatic nitrogens is 2. The van der Waals surface area contributed by atoms with E-state index in [0.29, 0.717) is 6.04 Å². The first kappa shape index (κ1) is 15.0. The largest absolute Gasteiger partial charge is 0.358 e. The van der Waals surface area contributed by atoms with E-state index in [9.17, 15) is 4.79 Å². The van der Waals surface area contributed by atoms with Gasteiger partial charge in [0.05, 0.1) is 5.25 Å². The normalized spacial score (nSPS) is 12.4. The van der Waals surface area contributed by atoms with Crippen LogP contribution in [0.25, 0.3) is 0 Å². The van der Waals surface area contributed by atoms with Crippen LogP contribution in [0.5, 0.6) is 0 Å². The molecule has 0 spiro atoms. The van der Waals surface area contributed by atoms with Gasteiger partial charge in [-0.15, -0.1) is 10.2 Å². The van der Waals surface area contributed by atoms with E-state index in [2.05, 4.69) is 29.4 Å². The van der Waals surface area contributed by atoms with E-state index in [4.69, 9.17) is 0 Å². The maximum Gasteiger partial charge on any atom is 0.206 e. The fraction of sp³-hybridized carbons (Fsp3) is 0.357. The van der Waals surface area contributed by atoms with E-state index in [1.54, 1.807) is 0 Å². The highest BCUT2D eigenvalue weighted by atomic mass is 32.2. The van der Waals surface area contributed by atoms with Crippen LogP contribution >= 0.6 is 23.1 Å². The van der Waals surface area contributed by atoms with Gasteiger partial charge in [-0.2, -0.15) is 0 Å². The number of thioether (sulfide) groups is 1. The molecule has 1 aromatic carbocycles. The summed E-state index contributed by atoms with van der Waals surface area (Å²) < 4.78 is 0.810. The van der Waals surface area contributed by atoms with E-state index in [1.165, 1.54) is 23.1 Å². The molecule has 0 radical (unpaired) electrons. The van der Waals surface area contributed by atoms with Crippen molar-refractivity contribution in [3.63, 3.8) is 0 Å². The van der Waals surface area contributed by atoms with Gasteiger partial charge in [0.2, 0.25) is 5.13 Å². The summed E-state index contributed by atoms with van der Waals surface area (Å²) in [5.74, 6) is 0.115. The standard InChI is InChI=1S/C14H17N3OS2/c1-9(2)15-13-16-17-14(20-13)19-10(3)12(18)11-7-5-4-6-8-11/h4-10H,1-3H3,(H,15,16). The molecule has 0 aliphatic rings. The third-order valence-corrected chi connectivity index (χ3v) is 4.56. The smallest absolute Gasteiger partial charge is 0.206 e. The number of anilines is 1. The van der Waals surface area contributed by atoms with Crippen LogP contribution in [0.15, 0.2) is 34.7 Å². The third-order valence-electron chi connectivity index (χ3n) is 2.52. The van der Waals surface area contributed by atoms with Gasteiger partial charge in [-0.1, -0.05) is 53.4 Å². The van der Waals surface area contributed by atoms with Crippen LogP contribution in [0, 0.1) is 0 Å². The number of hydrogen-bond acceptors (Lipinski definition) is 6. The maximum atomic E-state index is 12.3. The fourth-order valence-electron chi connectivity index (χ4n) is 1.60. The van der Waals surface area contributed by atoms with Gasteiger partial charge in [0.15, 0.2) is 10.1 Å². The molecular weight excluding hydrogens is 290 g/mol. The monoisotopic (exact) mass is 307 g/mol. The Labute approximate surface area is 127 Å². The van der Waals surface area contributed by atoms with Gasteiger partial charge in [0, 0.05) is 11.6 Å². The van der Waals surface area contributed by atoms with Crippen molar-refractivity contribution in [2.24, 2.45) is 0 Å². The summed E-state index contributed by atoms with van der Waals surface area (Å²) >= 11 is 2.93. The number of carbonyl (C=O) groups is 1. The minimum absolute atomic E-state index is 0.115. The van der Waals surface area contributed by atoms with Crippen molar-refractivity contribution >= 4 is 34.0 Å². The first-order valence-corrected chi connectivity index (χ1v) is 8.12. The molecule has 1 heterocycles. The number of hydrogen-bond donors (Lipinski definition) is 1. The molecule has 2 rings (SSSR count). The van der Waals surface area contributed by atoms with E-state index < -0.39 is 0 Å². The molecule has 1 atom stereocenters. The number of carbonyl (C=O) groups excluding carboxylic acids is 1. The van der Waals surface area contributed by atoms with Crippen LogP contribution in [-0.2, 0) is 0 Å². The summed E-state index contributed by atoms with van der Waals surface area (Å²) in [5, 5.41) is 12.0. The Morgan fingerprint density at radius 2 is 1.90 bits per heavy atom. The number of nitrogens with zero attached hydrogens (tertiary/aromatic N) is 2. The molecule has 0 aliphatic carbocycles. The maximum absolute atomic E-state index is 12.3. The van der Waals surface area contributed by atoms with Crippen LogP contribution in [0.3, 0.4) is 0 Å². The predicted octanol–water partition coefficient (Wildman–Crippen LogP) is 3.72. The second-order valence-corrected chi connectivity index (χ2v) is 7.23. The third kappa shape index (κ3) is 4.05. The van der Waals surface area contributed by atoms with Crippen LogP contribution in [0.4, 0.5) is 5.13 Å². The van der Waals surface area contributed by atoms with Gasteiger partial charge in [0.1, 0.15) is 0 Å². The Morgan fingerprint density at radius 3 is 2.55 bits per heavy atom. The van der Waals surface area contributed by atoms with E-state index in [0.717, 1.165) is 15.0 Å². The molecule has 1 N–H and O–H groups in total. The van der Waals surface area contributed by atoms with Crippen molar-refractivity contribution in [1.29, 1.82) is 0 Å². The molecule has 0 amide bonds. The lowest BCUT2D eigenvalue weighted by atomic mass is 10.1. The molecule has 0 bridgehead atoms. The Morgan fingerprint density at radius 1 is 1.20 bits per heavy atom. The number of rotatable bonds is 6. The Kier molecular flexibility index (Phi) is 5.14. The minimum Gasteiger partial charge on any atom is -0.358 e. The molecule has 2 aromatic rings. The predicted molar refractivity (Wildman–Crippen MR) is 84.8 cm³/mol. The van der Waals surface area contributed by atoms with Crippen molar-refractivity contribution < 1.29 is 4.79 Å².